The smallest absolute Gasteiger partial charge is 0.247 e. The van der Waals surface area contributed by atoms with Gasteiger partial charge >= 0.3 is 0 Å². The summed E-state index contributed by atoms with van der Waals surface area (Å²) < 4.78 is 31.8. The second kappa shape index (κ2) is 11.0. The first-order valence-electron chi connectivity index (χ1n) is 12.2. The number of ether oxygens (including phenoxy) is 1. The van der Waals surface area contributed by atoms with Crippen LogP contribution in [0.2, 0.25) is 5.02 Å². The minimum absolute atomic E-state index is 0.0658. The molecule has 2 aliphatic rings. The monoisotopic (exact) mass is 530 g/mol. The SMILES string of the molecule is Cc1cc(OCCCC2=C(C(=O)NCCC(=O)NS(=O)(=O)C3CC3)Cc3ccccc32)cc(C)c1Cl. The molecule has 2 aromatic rings. The van der Waals surface area contributed by atoms with Crippen LogP contribution in [0.1, 0.15) is 54.4 Å². The highest BCUT2D eigenvalue weighted by atomic mass is 35.5. The first-order chi connectivity index (χ1) is 17.2. The molecule has 4 rings (SSSR count). The average Bonchev–Trinajstić information content (AvgIpc) is 3.63. The van der Waals surface area contributed by atoms with Crippen molar-refractivity contribution in [1.82, 2.24) is 10.0 Å². The topological polar surface area (TPSA) is 102 Å². The molecule has 1 fully saturated rings. The van der Waals surface area contributed by atoms with Crippen LogP contribution in [-0.2, 0) is 26.0 Å². The van der Waals surface area contributed by atoms with Crippen molar-refractivity contribution >= 4 is 39.0 Å². The molecule has 1 saturated carbocycles. The van der Waals surface area contributed by atoms with E-state index in [1.165, 1.54) is 0 Å². The van der Waals surface area contributed by atoms with Crippen LogP contribution >= 0.6 is 11.6 Å². The van der Waals surface area contributed by atoms with Gasteiger partial charge in [-0.25, -0.2) is 8.42 Å². The van der Waals surface area contributed by atoms with E-state index < -0.39 is 21.2 Å². The molecular formula is C27H31ClN2O5S. The van der Waals surface area contributed by atoms with Crippen molar-refractivity contribution in [3.63, 3.8) is 0 Å². The normalized spacial score (nSPS) is 15.0. The number of benzene rings is 2. The Morgan fingerprint density at radius 3 is 2.50 bits per heavy atom. The number of sulfonamides is 1. The van der Waals surface area contributed by atoms with Crippen LogP contribution in [0, 0.1) is 13.8 Å². The van der Waals surface area contributed by atoms with Crippen LogP contribution in [0.25, 0.3) is 5.57 Å². The number of allylic oxidation sites excluding steroid dienone is 1. The number of carbonyl (C=O) groups excluding carboxylic acids is 2. The van der Waals surface area contributed by atoms with Crippen LogP contribution in [0.3, 0.4) is 0 Å². The van der Waals surface area contributed by atoms with E-state index in [9.17, 15) is 18.0 Å². The number of rotatable bonds is 11. The van der Waals surface area contributed by atoms with Crippen molar-refractivity contribution in [1.29, 1.82) is 0 Å². The van der Waals surface area contributed by atoms with Crippen molar-refractivity contribution in [3.05, 3.63) is 69.2 Å². The summed E-state index contributed by atoms with van der Waals surface area (Å²) in [5, 5.41) is 3.07. The summed E-state index contributed by atoms with van der Waals surface area (Å²) in [6.45, 7) is 4.46. The lowest BCUT2D eigenvalue weighted by molar-refractivity contribution is -0.119. The highest BCUT2D eigenvalue weighted by Crippen LogP contribution is 2.36. The Bertz CT molecular complexity index is 1290. The van der Waals surface area contributed by atoms with Gasteiger partial charge in [0.15, 0.2) is 0 Å². The molecule has 192 valence electrons. The van der Waals surface area contributed by atoms with Gasteiger partial charge in [-0.2, -0.15) is 0 Å². The molecule has 2 aromatic carbocycles. The Morgan fingerprint density at radius 2 is 1.81 bits per heavy atom. The van der Waals surface area contributed by atoms with Crippen molar-refractivity contribution in [2.45, 2.75) is 57.6 Å². The van der Waals surface area contributed by atoms with Crippen molar-refractivity contribution in [3.8, 4) is 5.75 Å². The largest absolute Gasteiger partial charge is 0.494 e. The third kappa shape index (κ3) is 6.28. The molecule has 2 N–H and O–H groups in total. The third-order valence-corrected chi connectivity index (χ3v) is 8.91. The van der Waals surface area contributed by atoms with Crippen molar-refractivity contribution in [2.24, 2.45) is 0 Å². The molecule has 0 radical (unpaired) electrons. The van der Waals surface area contributed by atoms with Crippen LogP contribution in [0.5, 0.6) is 5.75 Å². The zero-order chi connectivity index (χ0) is 25.9. The summed E-state index contributed by atoms with van der Waals surface area (Å²) in [4.78, 5) is 25.0. The Labute approximate surface area is 217 Å². The summed E-state index contributed by atoms with van der Waals surface area (Å²) in [5.74, 6) is -0.0602. The zero-order valence-electron chi connectivity index (χ0n) is 20.5. The summed E-state index contributed by atoms with van der Waals surface area (Å²) in [6, 6.07) is 11.8. The van der Waals surface area contributed by atoms with Gasteiger partial charge < -0.3 is 10.1 Å². The van der Waals surface area contributed by atoms with Crippen LogP contribution < -0.4 is 14.8 Å². The Balaban J connectivity index is 1.34. The standard InChI is InChI=1S/C27H31ClN2O5S/c1-17-14-20(15-18(2)26(17)28)35-13-5-8-23-22-7-4-3-6-19(22)16-24(23)27(32)29-12-11-25(31)30-36(33,34)21-9-10-21/h3-4,6-7,14-15,21H,5,8-13,16H2,1-2H3,(H,29,32)(H,30,31). The first-order valence-corrected chi connectivity index (χ1v) is 14.1. The zero-order valence-corrected chi connectivity index (χ0v) is 22.1. The van der Waals surface area contributed by atoms with Gasteiger partial charge in [0.2, 0.25) is 21.8 Å². The molecule has 0 heterocycles. The quantitative estimate of drug-likeness (QED) is 0.423. The number of hydrogen-bond donors (Lipinski definition) is 2. The second-order valence-corrected chi connectivity index (χ2v) is 11.7. The highest BCUT2D eigenvalue weighted by molar-refractivity contribution is 7.90. The Kier molecular flexibility index (Phi) is 8.05. The maximum Gasteiger partial charge on any atom is 0.247 e. The van der Waals surface area contributed by atoms with Gasteiger partial charge in [-0.15, -0.1) is 0 Å². The molecule has 36 heavy (non-hydrogen) atoms. The number of nitrogens with one attached hydrogen (secondary N) is 2. The molecule has 7 nitrogen and oxygen atoms in total. The number of hydrogen-bond acceptors (Lipinski definition) is 5. The third-order valence-electron chi connectivity index (χ3n) is 6.45. The summed E-state index contributed by atoms with van der Waals surface area (Å²) >= 11 is 6.24. The average molecular weight is 531 g/mol. The predicted octanol–water partition coefficient (Wildman–Crippen LogP) is 4.24. The molecule has 0 atom stereocenters. The van der Waals surface area contributed by atoms with E-state index in [2.05, 4.69) is 10.0 Å². The molecule has 0 saturated heterocycles. The molecule has 0 unspecified atom stereocenters. The van der Waals surface area contributed by atoms with Gasteiger partial charge in [-0.3, -0.25) is 14.3 Å². The number of amides is 2. The van der Waals surface area contributed by atoms with E-state index in [0.29, 0.717) is 37.9 Å². The van der Waals surface area contributed by atoms with Crippen molar-refractivity contribution < 1.29 is 22.7 Å². The fraction of sp³-hybridized carbons (Fsp3) is 0.407. The molecular weight excluding hydrogens is 500 g/mol. The van der Waals surface area contributed by atoms with E-state index in [0.717, 1.165) is 45.0 Å². The predicted molar refractivity (Wildman–Crippen MR) is 140 cm³/mol. The van der Waals surface area contributed by atoms with E-state index in [1.807, 2.05) is 50.2 Å². The molecule has 9 heteroatoms. The minimum Gasteiger partial charge on any atom is -0.494 e. The van der Waals surface area contributed by atoms with Crippen LogP contribution in [0.15, 0.2) is 42.0 Å². The fourth-order valence-electron chi connectivity index (χ4n) is 4.43. The summed E-state index contributed by atoms with van der Waals surface area (Å²) in [7, 11) is -3.58. The Morgan fingerprint density at radius 1 is 1.11 bits per heavy atom. The fourth-order valence-corrected chi connectivity index (χ4v) is 5.88. The number of fused-ring (bicyclic) bond motifs is 1. The molecule has 0 aliphatic heterocycles. The lowest BCUT2D eigenvalue weighted by Crippen LogP contribution is -2.36. The minimum atomic E-state index is -3.58. The van der Waals surface area contributed by atoms with Gasteiger partial charge in [0.25, 0.3) is 0 Å². The maximum absolute atomic E-state index is 13.0. The number of halogens is 1. The van der Waals surface area contributed by atoms with Gasteiger partial charge in [-0.05, 0) is 79.5 Å². The van der Waals surface area contributed by atoms with Gasteiger partial charge in [0.05, 0.1) is 11.9 Å². The molecule has 2 aliphatic carbocycles. The van der Waals surface area contributed by atoms with Gasteiger partial charge in [-0.1, -0.05) is 35.9 Å². The molecule has 0 aromatic heterocycles. The van der Waals surface area contributed by atoms with E-state index in [4.69, 9.17) is 16.3 Å². The van der Waals surface area contributed by atoms with E-state index >= 15 is 0 Å². The highest BCUT2D eigenvalue weighted by Gasteiger charge is 2.36. The van der Waals surface area contributed by atoms with Crippen molar-refractivity contribution in [2.75, 3.05) is 13.2 Å². The summed E-state index contributed by atoms with van der Waals surface area (Å²) in [5.41, 5.74) is 5.76. The first kappa shape index (κ1) is 26.2. The maximum atomic E-state index is 13.0. The molecule has 0 bridgehead atoms. The lowest BCUT2D eigenvalue weighted by Gasteiger charge is -2.12. The van der Waals surface area contributed by atoms with Crippen LogP contribution in [-0.4, -0.2) is 38.6 Å². The summed E-state index contributed by atoms with van der Waals surface area (Å²) in [6.07, 6.45) is 2.99. The number of aryl methyl sites for hydroxylation is 2. The van der Waals surface area contributed by atoms with E-state index in [-0.39, 0.29) is 18.9 Å². The lowest BCUT2D eigenvalue weighted by atomic mass is 10.0. The molecule has 0 spiro atoms. The number of carbonyl (C=O) groups is 2. The second-order valence-electron chi connectivity index (χ2n) is 9.39. The Hall–Kier alpha value is -2.84. The van der Waals surface area contributed by atoms with Gasteiger partial charge in [0, 0.05) is 30.0 Å². The van der Waals surface area contributed by atoms with Gasteiger partial charge in [0.1, 0.15) is 5.75 Å². The van der Waals surface area contributed by atoms with E-state index in [1.54, 1.807) is 0 Å². The van der Waals surface area contributed by atoms with Crippen LogP contribution in [0.4, 0.5) is 0 Å². The molecule has 2 amide bonds.